The van der Waals surface area contributed by atoms with Crippen molar-refractivity contribution in [2.75, 3.05) is 39.3 Å². The molecule has 4 amide bonds. The van der Waals surface area contributed by atoms with Gasteiger partial charge in [-0.2, -0.15) is 0 Å². The van der Waals surface area contributed by atoms with Crippen LogP contribution < -0.4 is 5.32 Å². The number of carbonyl (C=O) groups is 3. The van der Waals surface area contributed by atoms with Crippen molar-refractivity contribution in [2.24, 2.45) is 0 Å². The number of likely N-dealkylation sites (tertiary alicyclic amines) is 1. The smallest absolute Gasteiger partial charge is 0.318 e. The van der Waals surface area contributed by atoms with Crippen LogP contribution in [0.3, 0.4) is 0 Å². The highest BCUT2D eigenvalue weighted by Crippen LogP contribution is 2.19. The minimum absolute atomic E-state index is 0.0167. The zero-order chi connectivity index (χ0) is 21.8. The fourth-order valence-corrected chi connectivity index (χ4v) is 4.45. The molecule has 2 aliphatic heterocycles. The summed E-state index contributed by atoms with van der Waals surface area (Å²) in [7, 11) is 0. The summed E-state index contributed by atoms with van der Waals surface area (Å²) in [6, 6.07) is 7.34. The average molecular weight is 426 g/mol. The monoisotopic (exact) mass is 425 g/mol. The molecule has 2 fully saturated rings. The number of amides is 4. The number of carbonyl (C=O) groups excluding carboxylic acids is 3. The van der Waals surface area contributed by atoms with Crippen LogP contribution in [0.2, 0.25) is 0 Å². The molecule has 0 unspecified atom stereocenters. The van der Waals surface area contributed by atoms with Gasteiger partial charge in [-0.1, -0.05) is 18.2 Å². The molecule has 8 nitrogen and oxygen atoms in total. The van der Waals surface area contributed by atoms with Crippen LogP contribution in [0.15, 0.2) is 30.5 Å². The van der Waals surface area contributed by atoms with Crippen molar-refractivity contribution in [3.05, 3.63) is 36.0 Å². The van der Waals surface area contributed by atoms with Gasteiger partial charge in [0.05, 0.1) is 0 Å². The Kier molecular flexibility index (Phi) is 6.44. The van der Waals surface area contributed by atoms with E-state index in [0.29, 0.717) is 39.0 Å². The molecule has 0 aliphatic carbocycles. The molecule has 2 aliphatic rings. The number of piperazine rings is 1. The second kappa shape index (κ2) is 9.41. The second-order valence-electron chi connectivity index (χ2n) is 8.43. The molecule has 2 N–H and O–H groups in total. The lowest BCUT2D eigenvalue weighted by atomic mass is 10.1. The molecule has 4 rings (SSSR count). The summed E-state index contributed by atoms with van der Waals surface area (Å²) in [6.45, 7) is 5.30. The van der Waals surface area contributed by atoms with Gasteiger partial charge in [-0.05, 0) is 37.8 Å². The van der Waals surface area contributed by atoms with Crippen LogP contribution in [-0.2, 0) is 16.0 Å². The predicted molar refractivity (Wildman–Crippen MR) is 119 cm³/mol. The number of hydrogen-bond acceptors (Lipinski definition) is 3. The molecule has 1 aromatic carbocycles. The number of para-hydroxylation sites is 1. The third kappa shape index (κ3) is 4.84. The number of urea groups is 1. The van der Waals surface area contributed by atoms with E-state index in [9.17, 15) is 14.4 Å². The van der Waals surface area contributed by atoms with Crippen molar-refractivity contribution in [3.63, 3.8) is 0 Å². The molecular weight excluding hydrogens is 394 g/mol. The van der Waals surface area contributed by atoms with E-state index in [1.165, 1.54) is 0 Å². The highest BCUT2D eigenvalue weighted by Gasteiger charge is 2.28. The van der Waals surface area contributed by atoms with Crippen molar-refractivity contribution >= 4 is 28.7 Å². The first-order chi connectivity index (χ1) is 15.0. The van der Waals surface area contributed by atoms with Crippen LogP contribution in [0.5, 0.6) is 0 Å². The molecular formula is C23H31N5O3. The standard InChI is InChI=1S/C23H31N5O3/c1-17(22(30)27-10-4-5-11-27)25-23(31)28-14-12-26(13-15-28)21(29)9-8-18-16-24-20-7-3-2-6-19(18)20/h2-3,6-7,16-17,24H,4-5,8-15H2,1H3,(H,25,31)/t17-/m0/s1. The van der Waals surface area contributed by atoms with Gasteiger partial charge >= 0.3 is 6.03 Å². The van der Waals surface area contributed by atoms with Gasteiger partial charge in [0.15, 0.2) is 0 Å². The Morgan fingerprint density at radius 2 is 1.65 bits per heavy atom. The summed E-state index contributed by atoms with van der Waals surface area (Å²) in [5, 5.41) is 3.98. The van der Waals surface area contributed by atoms with Crippen molar-refractivity contribution in [1.82, 2.24) is 25.0 Å². The van der Waals surface area contributed by atoms with Gasteiger partial charge in [0.1, 0.15) is 6.04 Å². The van der Waals surface area contributed by atoms with Gasteiger partial charge in [0.2, 0.25) is 11.8 Å². The summed E-state index contributed by atoms with van der Waals surface area (Å²) in [5.41, 5.74) is 2.24. The number of nitrogens with one attached hydrogen (secondary N) is 2. The Labute approximate surface area is 182 Å². The fourth-order valence-electron chi connectivity index (χ4n) is 4.45. The van der Waals surface area contributed by atoms with Crippen LogP contribution in [-0.4, -0.2) is 82.8 Å². The molecule has 0 saturated carbocycles. The van der Waals surface area contributed by atoms with Gasteiger partial charge in [-0.15, -0.1) is 0 Å². The second-order valence-corrected chi connectivity index (χ2v) is 8.43. The largest absolute Gasteiger partial charge is 0.361 e. The van der Waals surface area contributed by atoms with Crippen molar-refractivity contribution in [3.8, 4) is 0 Å². The van der Waals surface area contributed by atoms with Gasteiger partial charge in [0, 0.05) is 62.8 Å². The zero-order valence-corrected chi connectivity index (χ0v) is 18.1. The van der Waals surface area contributed by atoms with Gasteiger partial charge < -0.3 is 25.0 Å². The lowest BCUT2D eigenvalue weighted by molar-refractivity contribution is -0.132. The molecule has 0 radical (unpaired) electrons. The lowest BCUT2D eigenvalue weighted by Crippen LogP contribution is -2.56. The van der Waals surface area contributed by atoms with Crippen LogP contribution in [0.1, 0.15) is 31.7 Å². The minimum Gasteiger partial charge on any atom is -0.361 e. The summed E-state index contributed by atoms with van der Waals surface area (Å²) in [6.07, 6.45) is 5.19. The Balaban J connectivity index is 1.22. The van der Waals surface area contributed by atoms with Crippen molar-refractivity contribution in [2.45, 2.75) is 38.6 Å². The van der Waals surface area contributed by atoms with Crippen LogP contribution in [0.4, 0.5) is 4.79 Å². The Morgan fingerprint density at radius 3 is 2.39 bits per heavy atom. The normalized spacial score (nSPS) is 17.8. The number of benzene rings is 1. The Hall–Kier alpha value is -3.03. The maximum absolute atomic E-state index is 12.7. The molecule has 0 spiro atoms. The third-order valence-corrected chi connectivity index (χ3v) is 6.33. The topological polar surface area (TPSA) is 88.7 Å². The quantitative estimate of drug-likeness (QED) is 0.768. The summed E-state index contributed by atoms with van der Waals surface area (Å²) < 4.78 is 0. The Morgan fingerprint density at radius 1 is 0.968 bits per heavy atom. The number of fused-ring (bicyclic) bond motifs is 1. The van der Waals surface area contributed by atoms with E-state index < -0.39 is 6.04 Å². The van der Waals surface area contributed by atoms with Crippen molar-refractivity contribution in [1.29, 1.82) is 0 Å². The number of aromatic nitrogens is 1. The van der Waals surface area contributed by atoms with E-state index in [2.05, 4.69) is 16.4 Å². The van der Waals surface area contributed by atoms with Gasteiger partial charge in [-0.25, -0.2) is 4.79 Å². The molecule has 8 heteroatoms. The number of aryl methyl sites for hydroxylation is 1. The van der Waals surface area contributed by atoms with E-state index in [0.717, 1.165) is 42.4 Å². The predicted octanol–water partition coefficient (Wildman–Crippen LogP) is 1.97. The minimum atomic E-state index is -0.526. The third-order valence-electron chi connectivity index (χ3n) is 6.33. The molecule has 0 bridgehead atoms. The van der Waals surface area contributed by atoms with E-state index in [1.807, 2.05) is 34.2 Å². The summed E-state index contributed by atoms with van der Waals surface area (Å²) in [5.74, 6) is 0.0971. The van der Waals surface area contributed by atoms with Crippen LogP contribution in [0.25, 0.3) is 10.9 Å². The van der Waals surface area contributed by atoms with Crippen LogP contribution >= 0.6 is 0 Å². The first kappa shape index (κ1) is 21.2. The highest BCUT2D eigenvalue weighted by atomic mass is 16.2. The number of hydrogen-bond donors (Lipinski definition) is 2. The van der Waals surface area contributed by atoms with Crippen molar-refractivity contribution < 1.29 is 14.4 Å². The van der Waals surface area contributed by atoms with Gasteiger partial charge in [0.25, 0.3) is 0 Å². The SMILES string of the molecule is C[C@H](NC(=O)N1CCN(C(=O)CCc2c[nH]c3ccccc23)CC1)C(=O)N1CCCC1. The zero-order valence-electron chi connectivity index (χ0n) is 18.1. The van der Waals surface area contributed by atoms with E-state index >= 15 is 0 Å². The number of rotatable bonds is 5. The average Bonchev–Trinajstić information content (AvgIpc) is 3.47. The van der Waals surface area contributed by atoms with E-state index in [1.54, 1.807) is 11.8 Å². The molecule has 1 atom stereocenters. The molecule has 31 heavy (non-hydrogen) atoms. The highest BCUT2D eigenvalue weighted by molar-refractivity contribution is 5.87. The number of H-pyrrole nitrogens is 1. The summed E-state index contributed by atoms with van der Waals surface area (Å²) >= 11 is 0. The fraction of sp³-hybridized carbons (Fsp3) is 0.522. The number of nitrogens with zero attached hydrogens (tertiary/aromatic N) is 3. The number of aromatic amines is 1. The van der Waals surface area contributed by atoms with E-state index in [4.69, 9.17) is 0 Å². The molecule has 2 saturated heterocycles. The maximum atomic E-state index is 12.7. The molecule has 2 aromatic rings. The maximum Gasteiger partial charge on any atom is 0.318 e. The molecule has 1 aromatic heterocycles. The Bertz CT molecular complexity index is 942. The van der Waals surface area contributed by atoms with Crippen LogP contribution in [0, 0.1) is 0 Å². The molecule has 166 valence electrons. The lowest BCUT2D eigenvalue weighted by Gasteiger charge is -2.35. The van der Waals surface area contributed by atoms with Gasteiger partial charge in [-0.3, -0.25) is 9.59 Å². The first-order valence-electron chi connectivity index (χ1n) is 11.2. The molecule has 3 heterocycles. The first-order valence-corrected chi connectivity index (χ1v) is 11.2. The van der Waals surface area contributed by atoms with E-state index in [-0.39, 0.29) is 17.8 Å². The summed E-state index contributed by atoms with van der Waals surface area (Å²) in [4.78, 5) is 46.2.